The number of nitriles is 3. The molecule has 0 radical (unpaired) electrons. The van der Waals surface area contributed by atoms with Crippen molar-refractivity contribution in [3.8, 4) is 24.0 Å². The highest BCUT2D eigenvalue weighted by Gasteiger charge is 2.79. The number of rotatable bonds is 2. The molecule has 132 valence electrons. The summed E-state index contributed by atoms with van der Waals surface area (Å²) in [5.41, 5.74) is 2.30. The van der Waals surface area contributed by atoms with Gasteiger partial charge < -0.3 is 15.8 Å². The minimum absolute atomic E-state index is 0.446. The van der Waals surface area contributed by atoms with E-state index in [1.807, 2.05) is 25.1 Å². The van der Waals surface area contributed by atoms with E-state index < -0.39 is 40.2 Å². The maximum Gasteiger partial charge on any atom is 0.245 e. The average Bonchev–Trinajstić information content (AvgIpc) is 2.83. The summed E-state index contributed by atoms with van der Waals surface area (Å²) < 4.78 is 5.16. The third-order valence-corrected chi connectivity index (χ3v) is 6.40. The van der Waals surface area contributed by atoms with Crippen molar-refractivity contribution in [3.05, 3.63) is 29.8 Å². The van der Waals surface area contributed by atoms with Crippen molar-refractivity contribution in [2.75, 3.05) is 7.11 Å². The molecule has 2 bridgehead atoms. The zero-order chi connectivity index (χ0) is 19.3. The molecule has 0 spiro atoms. The summed E-state index contributed by atoms with van der Waals surface area (Å²) in [6, 6.07) is 13.0. The molecule has 1 aliphatic heterocycles. The molecule has 7 heteroatoms. The van der Waals surface area contributed by atoms with Crippen LogP contribution in [0, 0.1) is 56.7 Å². The second-order valence-corrected chi connectivity index (χ2v) is 7.10. The van der Waals surface area contributed by atoms with Gasteiger partial charge in [0, 0.05) is 17.8 Å². The largest absolute Gasteiger partial charge is 0.497 e. The topological polar surface area (TPSA) is 136 Å². The Labute approximate surface area is 152 Å². The van der Waals surface area contributed by atoms with Gasteiger partial charge in [0.25, 0.3) is 0 Å². The van der Waals surface area contributed by atoms with Crippen LogP contribution < -0.4 is 15.8 Å². The van der Waals surface area contributed by atoms with E-state index in [4.69, 9.17) is 10.5 Å². The molecule has 0 unspecified atom stereocenters. The SMILES string of the molecule is COc1ccc([C@@H]2[C@@H](C)[C@@]3(N)NC(=O)[C@](C#N)([C@H]3C)C2(C#N)C#N)cc1. The smallest absolute Gasteiger partial charge is 0.245 e. The van der Waals surface area contributed by atoms with Crippen LogP contribution in [0.4, 0.5) is 0 Å². The Kier molecular flexibility index (Phi) is 3.72. The van der Waals surface area contributed by atoms with Crippen LogP contribution in [0.2, 0.25) is 0 Å². The molecule has 2 fully saturated rings. The molecule has 1 aliphatic carbocycles. The van der Waals surface area contributed by atoms with E-state index in [-0.39, 0.29) is 0 Å². The summed E-state index contributed by atoms with van der Waals surface area (Å²) in [5.74, 6) is -1.89. The van der Waals surface area contributed by atoms with Gasteiger partial charge in [-0.05, 0) is 17.7 Å². The summed E-state index contributed by atoms with van der Waals surface area (Å²) >= 11 is 0. The van der Waals surface area contributed by atoms with Crippen LogP contribution in [-0.4, -0.2) is 18.7 Å². The minimum Gasteiger partial charge on any atom is -0.497 e. The summed E-state index contributed by atoms with van der Waals surface area (Å²) in [6.07, 6.45) is 0. The Hall–Kier alpha value is -3.08. The van der Waals surface area contributed by atoms with Crippen LogP contribution in [0.25, 0.3) is 0 Å². The molecule has 7 nitrogen and oxygen atoms in total. The van der Waals surface area contributed by atoms with E-state index in [0.717, 1.165) is 0 Å². The van der Waals surface area contributed by atoms with Gasteiger partial charge in [0.05, 0.1) is 31.0 Å². The van der Waals surface area contributed by atoms with Gasteiger partial charge in [0.1, 0.15) is 5.75 Å². The van der Waals surface area contributed by atoms with Gasteiger partial charge in [-0.15, -0.1) is 0 Å². The first kappa shape index (κ1) is 17.7. The molecule has 1 aromatic carbocycles. The van der Waals surface area contributed by atoms with Crippen molar-refractivity contribution >= 4 is 5.91 Å². The lowest BCUT2D eigenvalue weighted by Crippen LogP contribution is -2.66. The molecule has 5 atom stereocenters. The monoisotopic (exact) mass is 349 g/mol. The molecule has 1 amide bonds. The second-order valence-electron chi connectivity index (χ2n) is 7.10. The Bertz CT molecular complexity index is 876. The number of hydrogen-bond donors (Lipinski definition) is 2. The van der Waals surface area contributed by atoms with Gasteiger partial charge in [-0.3, -0.25) is 4.79 Å². The number of amides is 1. The number of ether oxygens (including phenoxy) is 1. The molecule has 1 saturated heterocycles. The third-order valence-electron chi connectivity index (χ3n) is 6.40. The first-order chi connectivity index (χ1) is 12.3. The van der Waals surface area contributed by atoms with Crippen molar-refractivity contribution in [2.24, 2.45) is 28.4 Å². The molecule has 0 aromatic heterocycles. The molecule has 2 aliphatic rings. The summed E-state index contributed by atoms with van der Waals surface area (Å²) in [5, 5.41) is 32.8. The van der Waals surface area contributed by atoms with Crippen LogP contribution in [0.1, 0.15) is 25.3 Å². The van der Waals surface area contributed by atoms with Crippen LogP contribution in [0.3, 0.4) is 0 Å². The number of nitrogens with two attached hydrogens (primary N) is 1. The lowest BCUT2D eigenvalue weighted by Gasteiger charge is -2.52. The number of methoxy groups -OCH3 is 1. The van der Waals surface area contributed by atoms with E-state index in [2.05, 4.69) is 5.32 Å². The first-order valence-corrected chi connectivity index (χ1v) is 8.28. The molecule has 1 aromatic rings. The predicted molar refractivity (Wildman–Crippen MR) is 90.8 cm³/mol. The van der Waals surface area contributed by atoms with Gasteiger partial charge in [-0.2, -0.15) is 15.8 Å². The highest BCUT2D eigenvalue weighted by Crippen LogP contribution is 2.66. The van der Waals surface area contributed by atoms with Gasteiger partial charge in [-0.1, -0.05) is 26.0 Å². The quantitative estimate of drug-likeness (QED) is 0.828. The molecular formula is C19H19N5O2. The normalized spacial score (nSPS) is 37.0. The van der Waals surface area contributed by atoms with E-state index in [1.54, 1.807) is 31.2 Å². The first-order valence-electron chi connectivity index (χ1n) is 8.28. The molecule has 26 heavy (non-hydrogen) atoms. The van der Waals surface area contributed by atoms with E-state index in [0.29, 0.717) is 11.3 Å². The number of carbonyl (C=O) groups is 1. The predicted octanol–water partition coefficient (Wildman–Crippen LogP) is 1.39. The Morgan fingerprint density at radius 1 is 1.12 bits per heavy atom. The number of hydrogen-bond acceptors (Lipinski definition) is 6. The van der Waals surface area contributed by atoms with Crippen LogP contribution in [0.15, 0.2) is 24.3 Å². The van der Waals surface area contributed by atoms with Gasteiger partial charge in [0.15, 0.2) is 10.8 Å². The van der Waals surface area contributed by atoms with Gasteiger partial charge in [0.2, 0.25) is 5.91 Å². The molecule has 3 N–H and O–H groups in total. The summed E-state index contributed by atoms with van der Waals surface area (Å²) in [6.45, 7) is 3.47. The Morgan fingerprint density at radius 3 is 2.15 bits per heavy atom. The Balaban J connectivity index is 2.33. The average molecular weight is 349 g/mol. The zero-order valence-corrected chi connectivity index (χ0v) is 14.8. The van der Waals surface area contributed by atoms with Gasteiger partial charge >= 0.3 is 0 Å². The number of nitrogens with zero attached hydrogens (tertiary/aromatic N) is 3. The summed E-state index contributed by atoms with van der Waals surface area (Å²) in [7, 11) is 1.54. The van der Waals surface area contributed by atoms with Crippen molar-refractivity contribution in [1.82, 2.24) is 5.32 Å². The van der Waals surface area contributed by atoms with E-state index >= 15 is 0 Å². The Morgan fingerprint density at radius 2 is 1.69 bits per heavy atom. The van der Waals surface area contributed by atoms with Crippen molar-refractivity contribution < 1.29 is 9.53 Å². The van der Waals surface area contributed by atoms with E-state index in [9.17, 15) is 20.6 Å². The highest BCUT2D eigenvalue weighted by molar-refractivity contribution is 5.93. The minimum atomic E-state index is -1.86. The van der Waals surface area contributed by atoms with Crippen LogP contribution in [-0.2, 0) is 4.79 Å². The van der Waals surface area contributed by atoms with E-state index in [1.165, 1.54) is 7.11 Å². The second kappa shape index (κ2) is 5.46. The maximum absolute atomic E-state index is 12.8. The molecule has 3 rings (SSSR count). The number of nitrogens with one attached hydrogen (secondary N) is 1. The highest BCUT2D eigenvalue weighted by atomic mass is 16.5. The fourth-order valence-electron chi connectivity index (χ4n) is 4.81. The maximum atomic E-state index is 12.8. The molecular weight excluding hydrogens is 330 g/mol. The van der Waals surface area contributed by atoms with Crippen LogP contribution in [0.5, 0.6) is 5.75 Å². The summed E-state index contributed by atoms with van der Waals surface area (Å²) in [4.78, 5) is 12.8. The fourth-order valence-corrected chi connectivity index (χ4v) is 4.81. The van der Waals surface area contributed by atoms with Crippen molar-refractivity contribution in [2.45, 2.75) is 25.4 Å². The molecule has 1 saturated carbocycles. The fraction of sp³-hybridized carbons (Fsp3) is 0.474. The van der Waals surface area contributed by atoms with Crippen molar-refractivity contribution in [3.63, 3.8) is 0 Å². The molecule has 1 heterocycles. The standard InChI is InChI=1S/C19H19N5O2/c1-11-15(13-4-6-14(26-3)7-5-13)17(8-20,9-21)18(10-22)12(2)19(11,23)24-16(18)25/h4-7,11-12,15H,23H2,1-3H3,(H,24,25)/t11-,12-,15+,18+,19-/m1/s1. The van der Waals surface area contributed by atoms with Gasteiger partial charge in [-0.25, -0.2) is 0 Å². The van der Waals surface area contributed by atoms with Crippen LogP contribution >= 0.6 is 0 Å². The van der Waals surface area contributed by atoms with Crippen molar-refractivity contribution in [1.29, 1.82) is 15.8 Å². The third kappa shape index (κ3) is 1.70. The zero-order valence-electron chi connectivity index (χ0n) is 14.8. The number of fused-ring (bicyclic) bond motifs is 2. The number of benzene rings is 1. The lowest BCUT2D eigenvalue weighted by atomic mass is 9.45. The lowest BCUT2D eigenvalue weighted by molar-refractivity contribution is -0.129. The number of carbonyl (C=O) groups excluding carboxylic acids is 1.